The minimum absolute atomic E-state index is 0.111. The zero-order valence-electron chi connectivity index (χ0n) is 9.86. The molecule has 0 saturated carbocycles. The molecule has 3 N–H and O–H groups in total. The maximum atomic E-state index is 13.5. The fraction of sp³-hybridized carbons (Fsp3) is 0. The predicted molar refractivity (Wildman–Crippen MR) is 69.3 cm³/mol. The molecule has 20 heavy (non-hydrogen) atoms. The largest absolute Gasteiger partial charge is 0.478 e. The molecule has 2 rings (SSSR count). The number of hydrogen-bond acceptors (Lipinski definition) is 3. The Morgan fingerprint density at radius 2 is 2.00 bits per heavy atom. The molecule has 0 atom stereocenters. The van der Waals surface area contributed by atoms with Gasteiger partial charge in [-0.3, -0.25) is 0 Å². The van der Waals surface area contributed by atoms with Gasteiger partial charge >= 0.3 is 5.97 Å². The van der Waals surface area contributed by atoms with Crippen LogP contribution in [0.5, 0.6) is 11.5 Å². The van der Waals surface area contributed by atoms with Gasteiger partial charge in [-0.1, -0.05) is 17.7 Å². The van der Waals surface area contributed by atoms with Gasteiger partial charge in [-0.25, -0.2) is 9.18 Å². The number of carbonyl (C=O) groups is 1. The minimum atomic E-state index is -1.36. The highest BCUT2D eigenvalue weighted by molar-refractivity contribution is 6.33. The van der Waals surface area contributed by atoms with Crippen LogP contribution in [0.1, 0.15) is 10.4 Å². The number of benzene rings is 2. The summed E-state index contributed by atoms with van der Waals surface area (Å²) in [6.45, 7) is 0. The average Bonchev–Trinajstić information content (AvgIpc) is 2.37. The number of aromatic carboxylic acids is 1. The number of hydrogen-bond donors (Lipinski definition) is 2. The number of carboxylic acid groups (broad SMARTS) is 1. The summed E-state index contributed by atoms with van der Waals surface area (Å²) in [5, 5.41) is 8.94. The van der Waals surface area contributed by atoms with E-state index in [0.29, 0.717) is 0 Å². The van der Waals surface area contributed by atoms with Crippen molar-refractivity contribution in [3.8, 4) is 11.5 Å². The van der Waals surface area contributed by atoms with Gasteiger partial charge in [0.2, 0.25) is 5.82 Å². The molecule has 2 aromatic carbocycles. The van der Waals surface area contributed by atoms with Crippen molar-refractivity contribution in [1.82, 2.24) is 0 Å². The summed E-state index contributed by atoms with van der Waals surface area (Å²) >= 11 is 5.84. The third kappa shape index (κ3) is 2.65. The third-order valence-electron chi connectivity index (χ3n) is 2.42. The van der Waals surface area contributed by atoms with Gasteiger partial charge in [-0.15, -0.1) is 0 Å². The standard InChI is InChI=1S/C13H8ClF2NO3/c14-8-5-6(17)4-7(13(18)19)12(8)20-10-3-1-2-9(15)11(10)16/h1-5H,17H2,(H,18,19). The Morgan fingerprint density at radius 1 is 1.30 bits per heavy atom. The van der Waals surface area contributed by atoms with Crippen LogP contribution >= 0.6 is 11.6 Å². The molecule has 2 aromatic rings. The lowest BCUT2D eigenvalue weighted by Crippen LogP contribution is -2.03. The van der Waals surface area contributed by atoms with Crippen molar-refractivity contribution in [1.29, 1.82) is 0 Å². The zero-order chi connectivity index (χ0) is 14.9. The van der Waals surface area contributed by atoms with Crippen molar-refractivity contribution in [3.63, 3.8) is 0 Å². The number of nitrogen functional groups attached to an aromatic ring is 1. The van der Waals surface area contributed by atoms with E-state index >= 15 is 0 Å². The second-order valence-electron chi connectivity index (χ2n) is 3.84. The molecular formula is C13H8ClF2NO3. The van der Waals surface area contributed by atoms with Crippen LogP contribution in [-0.2, 0) is 0 Å². The Bertz CT molecular complexity index is 692. The molecule has 0 radical (unpaired) electrons. The number of nitrogens with two attached hydrogens (primary N) is 1. The fourth-order valence-electron chi connectivity index (χ4n) is 1.55. The van der Waals surface area contributed by atoms with E-state index in [0.717, 1.165) is 18.2 Å². The summed E-state index contributed by atoms with van der Waals surface area (Å²) in [7, 11) is 0. The SMILES string of the molecule is Nc1cc(Cl)c(Oc2cccc(F)c2F)c(C(=O)O)c1. The molecule has 4 nitrogen and oxygen atoms in total. The second-order valence-corrected chi connectivity index (χ2v) is 4.25. The first-order valence-corrected chi connectivity index (χ1v) is 5.72. The Labute approximate surface area is 117 Å². The number of carboxylic acids is 1. The molecule has 0 aromatic heterocycles. The van der Waals surface area contributed by atoms with Crippen LogP contribution in [0.15, 0.2) is 30.3 Å². The van der Waals surface area contributed by atoms with Crippen LogP contribution in [0.3, 0.4) is 0 Å². The van der Waals surface area contributed by atoms with Crippen LogP contribution in [-0.4, -0.2) is 11.1 Å². The van der Waals surface area contributed by atoms with Crippen molar-refractivity contribution < 1.29 is 23.4 Å². The van der Waals surface area contributed by atoms with Crippen LogP contribution in [0.2, 0.25) is 5.02 Å². The highest BCUT2D eigenvalue weighted by atomic mass is 35.5. The number of rotatable bonds is 3. The van der Waals surface area contributed by atoms with E-state index in [4.69, 9.17) is 27.2 Å². The van der Waals surface area contributed by atoms with Crippen LogP contribution in [0, 0.1) is 11.6 Å². The predicted octanol–water partition coefficient (Wildman–Crippen LogP) is 3.69. The number of ether oxygens (including phenoxy) is 1. The van der Waals surface area contributed by atoms with E-state index in [1.165, 1.54) is 12.1 Å². The minimum Gasteiger partial charge on any atom is -0.478 e. The summed E-state index contributed by atoms with van der Waals surface area (Å²) in [6, 6.07) is 5.64. The molecule has 0 saturated heterocycles. The molecule has 104 valence electrons. The molecule has 0 fully saturated rings. The van der Waals surface area contributed by atoms with E-state index < -0.39 is 23.4 Å². The van der Waals surface area contributed by atoms with Gasteiger partial charge in [0.25, 0.3) is 0 Å². The smallest absolute Gasteiger partial charge is 0.339 e. The van der Waals surface area contributed by atoms with Gasteiger partial charge in [-0.05, 0) is 24.3 Å². The summed E-state index contributed by atoms with van der Waals surface area (Å²) in [5.41, 5.74) is 5.24. The molecular weight excluding hydrogens is 292 g/mol. The average molecular weight is 300 g/mol. The second kappa shape index (κ2) is 5.34. The van der Waals surface area contributed by atoms with E-state index in [-0.39, 0.29) is 22.0 Å². The van der Waals surface area contributed by atoms with Crippen molar-refractivity contribution in [2.75, 3.05) is 5.73 Å². The van der Waals surface area contributed by atoms with E-state index in [1.54, 1.807) is 0 Å². The summed E-state index contributed by atoms with van der Waals surface area (Å²) in [6.07, 6.45) is 0. The molecule has 0 aliphatic heterocycles. The van der Waals surface area contributed by atoms with Gasteiger partial charge in [0, 0.05) is 5.69 Å². The van der Waals surface area contributed by atoms with E-state index in [9.17, 15) is 13.6 Å². The van der Waals surface area contributed by atoms with Gasteiger partial charge in [0.05, 0.1) is 5.02 Å². The molecule has 0 amide bonds. The third-order valence-corrected chi connectivity index (χ3v) is 2.71. The first-order chi connectivity index (χ1) is 9.40. The molecule has 0 spiro atoms. The lowest BCUT2D eigenvalue weighted by Gasteiger charge is -2.12. The number of anilines is 1. The highest BCUT2D eigenvalue weighted by Crippen LogP contribution is 2.36. The molecule has 7 heteroatoms. The van der Waals surface area contributed by atoms with E-state index in [1.807, 2.05) is 0 Å². The van der Waals surface area contributed by atoms with Crippen LogP contribution in [0.4, 0.5) is 14.5 Å². The summed E-state index contributed by atoms with van der Waals surface area (Å²) in [4.78, 5) is 11.1. The van der Waals surface area contributed by atoms with Crippen LogP contribution in [0.25, 0.3) is 0 Å². The lowest BCUT2D eigenvalue weighted by molar-refractivity contribution is 0.0694. The maximum absolute atomic E-state index is 13.5. The topological polar surface area (TPSA) is 72.5 Å². The Hall–Kier alpha value is -2.34. The Balaban J connectivity index is 2.53. The van der Waals surface area contributed by atoms with Gasteiger partial charge in [0.1, 0.15) is 5.56 Å². The van der Waals surface area contributed by atoms with Gasteiger partial charge < -0.3 is 15.6 Å². The Kier molecular flexibility index (Phi) is 3.76. The molecule has 0 bridgehead atoms. The highest BCUT2D eigenvalue weighted by Gasteiger charge is 2.19. The van der Waals surface area contributed by atoms with Crippen LogP contribution < -0.4 is 10.5 Å². The lowest BCUT2D eigenvalue weighted by atomic mass is 10.1. The van der Waals surface area contributed by atoms with Crippen molar-refractivity contribution >= 4 is 23.3 Å². The fourth-order valence-corrected chi connectivity index (χ4v) is 1.82. The molecule has 0 aliphatic carbocycles. The normalized spacial score (nSPS) is 10.3. The summed E-state index contributed by atoms with van der Waals surface area (Å²) in [5.74, 6) is -4.49. The van der Waals surface area contributed by atoms with Crippen molar-refractivity contribution in [2.24, 2.45) is 0 Å². The van der Waals surface area contributed by atoms with Gasteiger partial charge in [0.15, 0.2) is 17.3 Å². The van der Waals surface area contributed by atoms with Gasteiger partial charge in [-0.2, -0.15) is 4.39 Å². The van der Waals surface area contributed by atoms with Crippen molar-refractivity contribution in [2.45, 2.75) is 0 Å². The monoisotopic (exact) mass is 299 g/mol. The quantitative estimate of drug-likeness (QED) is 0.848. The Morgan fingerprint density at radius 3 is 2.65 bits per heavy atom. The summed E-state index contributed by atoms with van der Waals surface area (Å²) < 4.78 is 31.7. The van der Waals surface area contributed by atoms with E-state index in [2.05, 4.69) is 0 Å². The number of halogens is 3. The molecule has 0 aliphatic rings. The molecule has 0 unspecified atom stereocenters. The first-order valence-electron chi connectivity index (χ1n) is 5.34. The van der Waals surface area contributed by atoms with Crippen molar-refractivity contribution in [3.05, 3.63) is 52.6 Å². The first kappa shape index (κ1) is 14.1. The zero-order valence-corrected chi connectivity index (χ0v) is 10.6. The maximum Gasteiger partial charge on any atom is 0.339 e. The molecule has 0 heterocycles.